The number of aliphatic imine (C=N–C) groups is 1. The zero-order chi connectivity index (χ0) is 12.6. The van der Waals surface area contributed by atoms with Crippen molar-refractivity contribution in [1.82, 2.24) is 10.6 Å². The molecule has 0 aromatic carbocycles. The Morgan fingerprint density at radius 3 is 2.50 bits per heavy atom. The number of hydrogen-bond donors (Lipinski definition) is 2. The van der Waals surface area contributed by atoms with Gasteiger partial charge in [-0.2, -0.15) is 0 Å². The van der Waals surface area contributed by atoms with E-state index in [0.29, 0.717) is 17.9 Å². The Bertz CT molecular complexity index is 340. The summed E-state index contributed by atoms with van der Waals surface area (Å²) in [5, 5.41) is 5.89. The van der Waals surface area contributed by atoms with Gasteiger partial charge in [0.1, 0.15) is 12.1 Å². The van der Waals surface area contributed by atoms with E-state index < -0.39 is 0 Å². The molecule has 0 saturated heterocycles. The molecular weight excluding hydrogens is 202 g/mol. The van der Waals surface area contributed by atoms with Gasteiger partial charge in [-0.15, -0.1) is 0 Å². The molecule has 0 radical (unpaired) electrons. The van der Waals surface area contributed by atoms with E-state index in [4.69, 9.17) is 0 Å². The minimum atomic E-state index is 0.403. The summed E-state index contributed by atoms with van der Waals surface area (Å²) in [5.41, 5.74) is 2.57. The van der Waals surface area contributed by atoms with Crippen LogP contribution < -0.4 is 10.6 Å². The van der Waals surface area contributed by atoms with Crippen LogP contribution in [0.25, 0.3) is 0 Å². The van der Waals surface area contributed by atoms with Gasteiger partial charge >= 0.3 is 0 Å². The van der Waals surface area contributed by atoms with Crippen molar-refractivity contribution in [2.75, 3.05) is 13.6 Å². The average Bonchev–Trinajstić information content (AvgIpc) is 2.29. The van der Waals surface area contributed by atoms with E-state index in [1.807, 2.05) is 27.0 Å². The third-order valence-corrected chi connectivity index (χ3v) is 2.15. The van der Waals surface area contributed by atoms with E-state index in [-0.39, 0.29) is 0 Å². The Morgan fingerprint density at radius 2 is 2.06 bits per heavy atom. The van der Waals surface area contributed by atoms with Gasteiger partial charge in [-0.25, -0.2) is 4.99 Å². The van der Waals surface area contributed by atoms with Crippen molar-refractivity contribution in [1.29, 1.82) is 0 Å². The molecule has 0 amide bonds. The minimum absolute atomic E-state index is 0.403. The van der Waals surface area contributed by atoms with Crippen LogP contribution in [0.1, 0.15) is 13.8 Å². The van der Waals surface area contributed by atoms with Gasteiger partial charge in [-0.1, -0.05) is 6.58 Å². The van der Waals surface area contributed by atoms with Crippen molar-refractivity contribution in [3.63, 3.8) is 0 Å². The van der Waals surface area contributed by atoms with Gasteiger partial charge < -0.3 is 10.6 Å². The number of nitrogens with one attached hydrogen (secondary N) is 2. The Labute approximate surface area is 96.8 Å². The first-order valence-electron chi connectivity index (χ1n) is 4.95. The van der Waals surface area contributed by atoms with E-state index in [2.05, 4.69) is 28.9 Å². The van der Waals surface area contributed by atoms with Crippen molar-refractivity contribution >= 4 is 13.0 Å². The molecule has 0 spiro atoms. The first kappa shape index (κ1) is 14.2. The van der Waals surface area contributed by atoms with E-state index in [0.717, 1.165) is 17.6 Å². The summed E-state index contributed by atoms with van der Waals surface area (Å²) in [6, 6.07) is 0. The topological polar surface area (TPSA) is 53.5 Å². The predicted molar refractivity (Wildman–Crippen MR) is 68.3 cm³/mol. The molecule has 0 aromatic rings. The molecule has 0 atom stereocenters. The fourth-order valence-electron chi connectivity index (χ4n) is 1.02. The third-order valence-electron chi connectivity index (χ3n) is 2.15. The minimum Gasteiger partial charge on any atom is -0.392 e. The van der Waals surface area contributed by atoms with Crippen LogP contribution in [0.15, 0.2) is 40.3 Å². The summed E-state index contributed by atoms with van der Waals surface area (Å²) in [6.45, 7) is 11.2. The largest absolute Gasteiger partial charge is 0.392 e. The molecule has 2 N–H and O–H groups in total. The van der Waals surface area contributed by atoms with Crippen molar-refractivity contribution in [3.05, 3.63) is 35.3 Å². The number of rotatable bonds is 7. The number of carbonyl (C=O) groups is 1. The summed E-state index contributed by atoms with van der Waals surface area (Å²) >= 11 is 0. The van der Waals surface area contributed by atoms with Crippen LogP contribution >= 0.6 is 0 Å². The second kappa shape index (κ2) is 7.45. The van der Waals surface area contributed by atoms with Crippen LogP contribution in [0, 0.1) is 0 Å². The molecule has 4 nitrogen and oxygen atoms in total. The number of aldehydes is 1. The molecule has 0 saturated carbocycles. The maximum atomic E-state index is 10.9. The Morgan fingerprint density at radius 1 is 1.44 bits per heavy atom. The monoisotopic (exact) mass is 221 g/mol. The van der Waals surface area contributed by atoms with Crippen molar-refractivity contribution < 1.29 is 4.79 Å². The lowest BCUT2D eigenvalue weighted by Gasteiger charge is -2.07. The molecule has 0 aliphatic heterocycles. The maximum Gasteiger partial charge on any atom is 0.148 e. The molecule has 4 heteroatoms. The summed E-state index contributed by atoms with van der Waals surface area (Å²) in [7, 11) is 1.83. The van der Waals surface area contributed by atoms with Gasteiger partial charge in [0.2, 0.25) is 0 Å². The lowest BCUT2D eigenvalue weighted by atomic mass is 10.1. The molecule has 0 rings (SSSR count). The van der Waals surface area contributed by atoms with Crippen LogP contribution in [-0.2, 0) is 4.79 Å². The van der Waals surface area contributed by atoms with Crippen molar-refractivity contribution in [2.45, 2.75) is 13.8 Å². The second-order valence-electron chi connectivity index (χ2n) is 3.36. The molecule has 0 bridgehead atoms. The average molecular weight is 221 g/mol. The van der Waals surface area contributed by atoms with Crippen molar-refractivity contribution in [3.8, 4) is 0 Å². The van der Waals surface area contributed by atoms with Crippen molar-refractivity contribution in [2.24, 2.45) is 4.99 Å². The highest BCUT2D eigenvalue weighted by Crippen LogP contribution is 2.05. The van der Waals surface area contributed by atoms with Gasteiger partial charge in [0, 0.05) is 24.9 Å². The fourth-order valence-corrected chi connectivity index (χ4v) is 1.02. The Balaban J connectivity index is 4.69. The van der Waals surface area contributed by atoms with Gasteiger partial charge in [0.15, 0.2) is 0 Å². The zero-order valence-corrected chi connectivity index (χ0v) is 10.1. The number of nitrogens with zero attached hydrogens (tertiary/aromatic N) is 1. The maximum absolute atomic E-state index is 10.9. The van der Waals surface area contributed by atoms with Crippen LogP contribution in [0.2, 0.25) is 0 Å². The molecule has 0 aliphatic rings. The van der Waals surface area contributed by atoms with Crippen LogP contribution in [0.4, 0.5) is 0 Å². The Hall–Kier alpha value is -1.84. The standard InChI is InChI=1S/C12H19N3O/c1-9(6-10(2)13-4)12(8-16)7-15-11(3)14-5/h6,8,13,15H,3,5,7H2,1-2,4H3/b10-6-,12-9-. The quantitative estimate of drug-likeness (QED) is 0.295. The fraction of sp³-hybridized carbons (Fsp3) is 0.333. The summed E-state index contributed by atoms with van der Waals surface area (Å²) in [4.78, 5) is 14.5. The highest BCUT2D eigenvalue weighted by Gasteiger charge is 2.00. The lowest BCUT2D eigenvalue weighted by molar-refractivity contribution is -0.105. The van der Waals surface area contributed by atoms with Crippen LogP contribution in [-0.4, -0.2) is 26.6 Å². The lowest BCUT2D eigenvalue weighted by Crippen LogP contribution is -2.16. The number of hydrogen-bond acceptors (Lipinski definition) is 4. The SMILES string of the molecule is C=NC(=C)NC/C(C=O)=C(C)/C=C(/C)NC. The highest BCUT2D eigenvalue weighted by molar-refractivity contribution is 5.76. The van der Waals surface area contributed by atoms with Gasteiger partial charge in [-0.05, 0) is 32.2 Å². The highest BCUT2D eigenvalue weighted by atomic mass is 16.1. The Kier molecular flexibility index (Phi) is 6.59. The normalized spacial score (nSPS) is 12.6. The van der Waals surface area contributed by atoms with Gasteiger partial charge in [-0.3, -0.25) is 4.79 Å². The number of allylic oxidation sites excluding steroid dienone is 3. The van der Waals surface area contributed by atoms with E-state index in [9.17, 15) is 4.79 Å². The van der Waals surface area contributed by atoms with E-state index in [1.165, 1.54) is 0 Å². The van der Waals surface area contributed by atoms with Gasteiger partial charge in [0.05, 0.1) is 0 Å². The van der Waals surface area contributed by atoms with Gasteiger partial charge in [0.25, 0.3) is 0 Å². The molecular formula is C12H19N3O. The first-order chi connectivity index (χ1) is 7.54. The molecule has 0 unspecified atom stereocenters. The summed E-state index contributed by atoms with van der Waals surface area (Å²) in [6.07, 6.45) is 2.74. The molecule has 0 aliphatic carbocycles. The molecule has 16 heavy (non-hydrogen) atoms. The first-order valence-corrected chi connectivity index (χ1v) is 4.95. The number of carbonyl (C=O) groups excluding carboxylic acids is 1. The smallest absolute Gasteiger partial charge is 0.148 e. The third kappa shape index (κ3) is 5.14. The van der Waals surface area contributed by atoms with E-state index in [1.54, 1.807) is 0 Å². The van der Waals surface area contributed by atoms with Crippen LogP contribution in [0.5, 0.6) is 0 Å². The van der Waals surface area contributed by atoms with Crippen LogP contribution in [0.3, 0.4) is 0 Å². The predicted octanol–water partition coefficient (Wildman–Crippen LogP) is 1.39. The zero-order valence-electron chi connectivity index (χ0n) is 10.1. The molecule has 0 aromatic heterocycles. The van der Waals surface area contributed by atoms with E-state index >= 15 is 0 Å². The molecule has 0 heterocycles. The molecule has 0 fully saturated rings. The molecule has 88 valence electrons. The summed E-state index contributed by atoms with van der Waals surface area (Å²) < 4.78 is 0. The summed E-state index contributed by atoms with van der Waals surface area (Å²) in [5.74, 6) is 0.460. The second-order valence-corrected chi connectivity index (χ2v) is 3.36.